The molecule has 4 aromatic carbocycles. The van der Waals surface area contributed by atoms with Crippen molar-refractivity contribution in [2.75, 3.05) is 21.3 Å². The fourth-order valence-corrected chi connectivity index (χ4v) is 5.00. The summed E-state index contributed by atoms with van der Waals surface area (Å²) in [5.74, 6) is 2.37. The van der Waals surface area contributed by atoms with E-state index in [9.17, 15) is 5.11 Å². The van der Waals surface area contributed by atoms with E-state index in [0.29, 0.717) is 11.5 Å². The highest BCUT2D eigenvalue weighted by molar-refractivity contribution is 6.07. The van der Waals surface area contributed by atoms with E-state index in [2.05, 4.69) is 38.1 Å². The molecule has 1 aliphatic rings. The molecule has 0 atom stereocenters. The van der Waals surface area contributed by atoms with Crippen molar-refractivity contribution >= 4 is 10.8 Å². The Hall–Kier alpha value is -3.66. The fraction of sp³-hybridized carbons (Fsp3) is 0.214. The van der Waals surface area contributed by atoms with Crippen molar-refractivity contribution in [3.63, 3.8) is 0 Å². The van der Waals surface area contributed by atoms with Gasteiger partial charge in [-0.25, -0.2) is 0 Å². The van der Waals surface area contributed by atoms with Crippen molar-refractivity contribution in [3.05, 3.63) is 71.8 Å². The SMILES string of the molecule is COc1ccc(-c2cc3c(O)cc4c(c3cc2OC)-c2ccccc2C4(C)C)c(OC)c1. The first kappa shape index (κ1) is 20.3. The van der Waals surface area contributed by atoms with Crippen molar-refractivity contribution < 1.29 is 19.3 Å². The molecular formula is C28H26O4. The fourth-order valence-electron chi connectivity index (χ4n) is 5.00. The second-order valence-corrected chi connectivity index (χ2v) is 8.65. The lowest BCUT2D eigenvalue weighted by Crippen LogP contribution is -2.14. The molecule has 0 saturated heterocycles. The molecule has 4 heteroatoms. The lowest BCUT2D eigenvalue weighted by Gasteiger charge is -2.22. The largest absolute Gasteiger partial charge is 0.507 e. The van der Waals surface area contributed by atoms with Gasteiger partial charge >= 0.3 is 0 Å². The van der Waals surface area contributed by atoms with Gasteiger partial charge in [0, 0.05) is 28.0 Å². The third kappa shape index (κ3) is 2.76. The Bertz CT molecular complexity index is 1370. The van der Waals surface area contributed by atoms with Crippen LogP contribution in [-0.4, -0.2) is 26.4 Å². The van der Waals surface area contributed by atoms with E-state index < -0.39 is 0 Å². The van der Waals surface area contributed by atoms with E-state index in [0.717, 1.165) is 38.8 Å². The Labute approximate surface area is 188 Å². The van der Waals surface area contributed by atoms with Gasteiger partial charge in [-0.2, -0.15) is 0 Å². The van der Waals surface area contributed by atoms with Crippen LogP contribution in [0.15, 0.2) is 60.7 Å². The van der Waals surface area contributed by atoms with Crippen LogP contribution in [0.1, 0.15) is 25.0 Å². The molecule has 0 aliphatic heterocycles. The Morgan fingerprint density at radius 2 is 1.38 bits per heavy atom. The standard InChI is InChI=1S/C28H26O4/c1-28(2)22-9-7-6-8-18(22)27-21-14-26(32-5)20(13-19(21)24(29)15-23(27)28)17-11-10-16(30-3)12-25(17)31-4/h6-15,29H,1-5H3. The van der Waals surface area contributed by atoms with Crippen molar-refractivity contribution in [3.8, 4) is 45.3 Å². The average molecular weight is 427 g/mol. The maximum Gasteiger partial charge on any atom is 0.130 e. The Kier molecular flexibility index (Phi) is 4.55. The summed E-state index contributed by atoms with van der Waals surface area (Å²) in [6.07, 6.45) is 0. The number of fused-ring (bicyclic) bond motifs is 5. The number of methoxy groups -OCH3 is 3. The van der Waals surface area contributed by atoms with Crippen molar-refractivity contribution in [1.82, 2.24) is 0 Å². The van der Waals surface area contributed by atoms with E-state index >= 15 is 0 Å². The Morgan fingerprint density at radius 1 is 0.656 bits per heavy atom. The molecule has 0 spiro atoms. The van der Waals surface area contributed by atoms with Crippen LogP contribution < -0.4 is 14.2 Å². The average Bonchev–Trinajstić information content (AvgIpc) is 3.04. The highest BCUT2D eigenvalue weighted by Gasteiger charge is 2.37. The minimum absolute atomic E-state index is 0.192. The first-order valence-electron chi connectivity index (χ1n) is 10.6. The monoisotopic (exact) mass is 426 g/mol. The number of hydrogen-bond acceptors (Lipinski definition) is 4. The maximum absolute atomic E-state index is 11.1. The summed E-state index contributed by atoms with van der Waals surface area (Å²) in [5.41, 5.74) is 6.28. The second-order valence-electron chi connectivity index (χ2n) is 8.65. The van der Waals surface area contributed by atoms with Gasteiger partial charge in [-0.1, -0.05) is 38.1 Å². The molecular weight excluding hydrogens is 400 g/mol. The van der Waals surface area contributed by atoms with Crippen LogP contribution in [0.5, 0.6) is 23.0 Å². The predicted octanol–water partition coefficient (Wildman–Crippen LogP) is 6.54. The van der Waals surface area contributed by atoms with Gasteiger partial charge in [0.05, 0.1) is 21.3 Å². The van der Waals surface area contributed by atoms with Crippen LogP contribution in [0.4, 0.5) is 0 Å². The minimum atomic E-state index is -0.192. The highest BCUT2D eigenvalue weighted by Crippen LogP contribution is 2.54. The molecule has 0 aromatic heterocycles. The lowest BCUT2D eigenvalue weighted by atomic mass is 9.81. The molecule has 0 heterocycles. The maximum atomic E-state index is 11.1. The number of phenols is 1. The van der Waals surface area contributed by atoms with Gasteiger partial charge in [-0.05, 0) is 58.0 Å². The molecule has 0 radical (unpaired) electrons. The Balaban J connectivity index is 1.84. The van der Waals surface area contributed by atoms with E-state index in [4.69, 9.17) is 14.2 Å². The zero-order chi connectivity index (χ0) is 22.6. The number of aromatic hydroxyl groups is 1. The zero-order valence-electron chi connectivity index (χ0n) is 18.9. The van der Waals surface area contributed by atoms with Crippen molar-refractivity contribution in [2.24, 2.45) is 0 Å². The third-order valence-corrected chi connectivity index (χ3v) is 6.68. The molecule has 4 aromatic rings. The van der Waals surface area contributed by atoms with Gasteiger partial charge in [-0.15, -0.1) is 0 Å². The van der Waals surface area contributed by atoms with Gasteiger partial charge in [0.2, 0.25) is 0 Å². The molecule has 5 rings (SSSR count). The van der Waals surface area contributed by atoms with Crippen LogP contribution in [0, 0.1) is 0 Å². The zero-order valence-corrected chi connectivity index (χ0v) is 18.9. The topological polar surface area (TPSA) is 47.9 Å². The van der Waals surface area contributed by atoms with Crippen molar-refractivity contribution in [2.45, 2.75) is 19.3 Å². The third-order valence-electron chi connectivity index (χ3n) is 6.68. The number of hydrogen-bond donors (Lipinski definition) is 1. The molecule has 0 fully saturated rings. The minimum Gasteiger partial charge on any atom is -0.507 e. The van der Waals surface area contributed by atoms with Gasteiger partial charge in [-0.3, -0.25) is 0 Å². The molecule has 0 amide bonds. The number of benzene rings is 4. The van der Waals surface area contributed by atoms with Gasteiger partial charge in [0.25, 0.3) is 0 Å². The second kappa shape index (κ2) is 7.20. The van der Waals surface area contributed by atoms with E-state index in [-0.39, 0.29) is 11.2 Å². The summed E-state index contributed by atoms with van der Waals surface area (Å²) in [7, 11) is 4.93. The van der Waals surface area contributed by atoms with Gasteiger partial charge < -0.3 is 19.3 Å². The van der Waals surface area contributed by atoms with E-state index in [1.165, 1.54) is 11.1 Å². The predicted molar refractivity (Wildman–Crippen MR) is 128 cm³/mol. The van der Waals surface area contributed by atoms with Crippen LogP contribution in [-0.2, 0) is 5.41 Å². The molecule has 32 heavy (non-hydrogen) atoms. The van der Waals surface area contributed by atoms with Crippen LogP contribution in [0.25, 0.3) is 33.0 Å². The molecule has 4 nitrogen and oxygen atoms in total. The summed E-state index contributed by atoms with van der Waals surface area (Å²) < 4.78 is 16.8. The smallest absolute Gasteiger partial charge is 0.130 e. The molecule has 1 aliphatic carbocycles. The van der Waals surface area contributed by atoms with E-state index in [1.54, 1.807) is 21.3 Å². The van der Waals surface area contributed by atoms with Crippen LogP contribution in [0.3, 0.4) is 0 Å². The number of phenolic OH excluding ortho intramolecular Hbond substituents is 1. The summed E-state index contributed by atoms with van der Waals surface area (Å²) in [4.78, 5) is 0. The molecule has 0 saturated carbocycles. The normalized spacial score (nSPS) is 13.5. The van der Waals surface area contributed by atoms with Gasteiger partial charge in [0.1, 0.15) is 23.0 Å². The van der Waals surface area contributed by atoms with Crippen LogP contribution in [0.2, 0.25) is 0 Å². The summed E-state index contributed by atoms with van der Waals surface area (Å²) >= 11 is 0. The number of rotatable bonds is 4. The molecule has 0 unspecified atom stereocenters. The summed E-state index contributed by atoms with van der Waals surface area (Å²) in [6, 6.07) is 20.1. The first-order chi connectivity index (χ1) is 15.4. The molecule has 162 valence electrons. The van der Waals surface area contributed by atoms with Gasteiger partial charge in [0.15, 0.2) is 0 Å². The first-order valence-corrected chi connectivity index (χ1v) is 10.6. The lowest BCUT2D eigenvalue weighted by molar-refractivity contribution is 0.394. The van der Waals surface area contributed by atoms with E-state index in [1.807, 2.05) is 36.4 Å². The molecule has 0 bridgehead atoms. The van der Waals surface area contributed by atoms with Crippen LogP contribution >= 0.6 is 0 Å². The summed E-state index contributed by atoms with van der Waals surface area (Å²) in [6.45, 7) is 4.41. The Morgan fingerprint density at radius 3 is 2.09 bits per heavy atom. The highest BCUT2D eigenvalue weighted by atomic mass is 16.5. The number of ether oxygens (including phenoxy) is 3. The quantitative estimate of drug-likeness (QED) is 0.402. The van der Waals surface area contributed by atoms with Crippen molar-refractivity contribution in [1.29, 1.82) is 0 Å². The molecule has 1 N–H and O–H groups in total. The summed E-state index contributed by atoms with van der Waals surface area (Å²) in [5, 5.41) is 12.9.